The standard InChI is InChI=1S/C18H19N5O2/c1-25-14-7-4-5-12(9-14)10-20-18-22-16(21-17(19)23-18)15-8-3-2-6-13(15)11-24/h2-9,24H,10-11H2,1H3,(H3,19,20,21,22,23). The first-order valence-corrected chi connectivity index (χ1v) is 7.77. The minimum Gasteiger partial charge on any atom is -0.497 e. The molecule has 0 aliphatic carbocycles. The van der Waals surface area contributed by atoms with Gasteiger partial charge in [0.1, 0.15) is 5.75 Å². The van der Waals surface area contributed by atoms with E-state index in [1.165, 1.54) is 0 Å². The Bertz CT molecular complexity index is 870. The van der Waals surface area contributed by atoms with Crippen LogP contribution < -0.4 is 15.8 Å². The molecule has 2 aromatic carbocycles. The molecule has 128 valence electrons. The Balaban J connectivity index is 1.84. The fourth-order valence-electron chi connectivity index (χ4n) is 2.43. The van der Waals surface area contributed by atoms with Crippen LogP contribution in [0.3, 0.4) is 0 Å². The van der Waals surface area contributed by atoms with Gasteiger partial charge in [-0.15, -0.1) is 0 Å². The number of aliphatic hydroxyl groups excluding tert-OH is 1. The number of ether oxygens (including phenoxy) is 1. The van der Waals surface area contributed by atoms with Crippen molar-refractivity contribution in [3.05, 3.63) is 59.7 Å². The minimum atomic E-state index is -0.103. The molecule has 1 heterocycles. The van der Waals surface area contributed by atoms with Gasteiger partial charge in [0, 0.05) is 12.1 Å². The molecule has 0 bridgehead atoms. The number of nitrogens with zero attached hydrogens (tertiary/aromatic N) is 3. The van der Waals surface area contributed by atoms with Crippen LogP contribution in [0, 0.1) is 0 Å². The Morgan fingerprint density at radius 2 is 1.92 bits per heavy atom. The van der Waals surface area contributed by atoms with Gasteiger partial charge < -0.3 is 20.9 Å². The molecular formula is C18H19N5O2. The maximum absolute atomic E-state index is 9.49. The van der Waals surface area contributed by atoms with Crippen molar-refractivity contribution in [2.75, 3.05) is 18.2 Å². The van der Waals surface area contributed by atoms with E-state index in [0.29, 0.717) is 18.3 Å². The zero-order valence-corrected chi connectivity index (χ0v) is 13.8. The first-order valence-electron chi connectivity index (χ1n) is 7.77. The molecule has 0 atom stereocenters. The lowest BCUT2D eigenvalue weighted by molar-refractivity contribution is 0.282. The molecule has 0 radical (unpaired) electrons. The van der Waals surface area contributed by atoms with Crippen molar-refractivity contribution in [2.24, 2.45) is 0 Å². The van der Waals surface area contributed by atoms with Crippen LogP contribution in [0.2, 0.25) is 0 Å². The fourth-order valence-corrected chi connectivity index (χ4v) is 2.43. The number of rotatable bonds is 6. The lowest BCUT2D eigenvalue weighted by Crippen LogP contribution is -2.08. The Hall–Kier alpha value is -3.19. The maximum atomic E-state index is 9.49. The second kappa shape index (κ2) is 7.59. The van der Waals surface area contributed by atoms with Crippen LogP contribution in [0.4, 0.5) is 11.9 Å². The van der Waals surface area contributed by atoms with Crippen molar-refractivity contribution in [1.82, 2.24) is 15.0 Å². The molecule has 4 N–H and O–H groups in total. The summed E-state index contributed by atoms with van der Waals surface area (Å²) in [5, 5.41) is 12.6. The van der Waals surface area contributed by atoms with E-state index in [-0.39, 0.29) is 12.6 Å². The number of nitrogens with two attached hydrogens (primary N) is 1. The summed E-state index contributed by atoms with van der Waals surface area (Å²) in [6.07, 6.45) is 0. The Morgan fingerprint density at radius 1 is 1.08 bits per heavy atom. The Morgan fingerprint density at radius 3 is 2.72 bits per heavy atom. The normalized spacial score (nSPS) is 10.5. The van der Waals surface area contributed by atoms with Crippen molar-refractivity contribution in [2.45, 2.75) is 13.2 Å². The van der Waals surface area contributed by atoms with Crippen molar-refractivity contribution in [1.29, 1.82) is 0 Å². The molecular weight excluding hydrogens is 318 g/mol. The van der Waals surface area contributed by atoms with E-state index in [2.05, 4.69) is 20.3 Å². The quantitative estimate of drug-likeness (QED) is 0.633. The number of nitrogens with one attached hydrogen (secondary N) is 1. The molecule has 0 amide bonds. The van der Waals surface area contributed by atoms with Gasteiger partial charge in [-0.2, -0.15) is 15.0 Å². The van der Waals surface area contributed by atoms with Crippen LogP contribution in [0.25, 0.3) is 11.4 Å². The highest BCUT2D eigenvalue weighted by Gasteiger charge is 2.10. The Labute approximate surface area is 145 Å². The van der Waals surface area contributed by atoms with Gasteiger partial charge in [-0.05, 0) is 23.3 Å². The van der Waals surface area contributed by atoms with Crippen LogP contribution >= 0.6 is 0 Å². The summed E-state index contributed by atoms with van der Waals surface area (Å²) in [5.41, 5.74) is 8.30. The summed E-state index contributed by atoms with van der Waals surface area (Å²) < 4.78 is 5.22. The second-order valence-corrected chi connectivity index (χ2v) is 5.36. The van der Waals surface area contributed by atoms with Gasteiger partial charge in [0.25, 0.3) is 0 Å². The van der Waals surface area contributed by atoms with Crippen molar-refractivity contribution >= 4 is 11.9 Å². The summed E-state index contributed by atoms with van der Waals surface area (Å²) >= 11 is 0. The van der Waals surface area contributed by atoms with E-state index in [1.807, 2.05) is 48.5 Å². The van der Waals surface area contributed by atoms with Gasteiger partial charge in [-0.1, -0.05) is 36.4 Å². The first kappa shape index (κ1) is 16.7. The largest absolute Gasteiger partial charge is 0.497 e. The number of hydrogen-bond donors (Lipinski definition) is 3. The van der Waals surface area contributed by atoms with Crippen molar-refractivity contribution in [3.63, 3.8) is 0 Å². The summed E-state index contributed by atoms with van der Waals surface area (Å²) in [4.78, 5) is 12.7. The number of nitrogen functional groups attached to an aromatic ring is 1. The number of anilines is 2. The molecule has 7 heteroatoms. The third kappa shape index (κ3) is 4.02. The molecule has 0 fully saturated rings. The highest BCUT2D eigenvalue weighted by molar-refractivity contribution is 5.62. The van der Waals surface area contributed by atoms with Gasteiger partial charge in [0.2, 0.25) is 11.9 Å². The van der Waals surface area contributed by atoms with Crippen LogP contribution in [0.15, 0.2) is 48.5 Å². The summed E-state index contributed by atoms with van der Waals surface area (Å²) in [5.74, 6) is 1.70. The predicted molar refractivity (Wildman–Crippen MR) is 95.9 cm³/mol. The van der Waals surface area contributed by atoms with Crippen LogP contribution in [0.1, 0.15) is 11.1 Å². The molecule has 7 nitrogen and oxygen atoms in total. The fraction of sp³-hybridized carbons (Fsp3) is 0.167. The van der Waals surface area contributed by atoms with Crippen molar-refractivity contribution < 1.29 is 9.84 Å². The van der Waals surface area contributed by atoms with E-state index in [4.69, 9.17) is 10.5 Å². The molecule has 0 unspecified atom stereocenters. The van der Waals surface area contributed by atoms with Crippen LogP contribution in [-0.4, -0.2) is 27.2 Å². The number of hydrogen-bond acceptors (Lipinski definition) is 7. The zero-order valence-electron chi connectivity index (χ0n) is 13.8. The van der Waals surface area contributed by atoms with Gasteiger partial charge in [-0.3, -0.25) is 0 Å². The average Bonchev–Trinajstić information content (AvgIpc) is 2.66. The Kier molecular flexibility index (Phi) is 5.06. The second-order valence-electron chi connectivity index (χ2n) is 5.36. The number of benzene rings is 2. The van der Waals surface area contributed by atoms with Gasteiger partial charge in [0.05, 0.1) is 13.7 Å². The SMILES string of the molecule is COc1cccc(CNc2nc(N)nc(-c3ccccc3CO)n2)c1. The van der Waals surface area contributed by atoms with Crippen molar-refractivity contribution in [3.8, 4) is 17.1 Å². The smallest absolute Gasteiger partial charge is 0.228 e. The lowest BCUT2D eigenvalue weighted by Gasteiger charge is -2.10. The minimum absolute atomic E-state index is 0.103. The summed E-state index contributed by atoms with van der Waals surface area (Å²) in [6, 6.07) is 15.1. The highest BCUT2D eigenvalue weighted by atomic mass is 16.5. The molecule has 3 aromatic rings. The molecule has 0 spiro atoms. The molecule has 3 rings (SSSR count). The van der Waals surface area contributed by atoms with Gasteiger partial charge in [0.15, 0.2) is 5.82 Å². The van der Waals surface area contributed by atoms with E-state index in [0.717, 1.165) is 22.4 Å². The molecule has 1 aromatic heterocycles. The van der Waals surface area contributed by atoms with Crippen LogP contribution in [-0.2, 0) is 13.2 Å². The number of aromatic nitrogens is 3. The van der Waals surface area contributed by atoms with E-state index >= 15 is 0 Å². The number of methoxy groups -OCH3 is 1. The monoisotopic (exact) mass is 337 g/mol. The predicted octanol–water partition coefficient (Wildman–Crippen LogP) is 2.23. The molecule has 0 aliphatic rings. The topological polar surface area (TPSA) is 106 Å². The highest BCUT2D eigenvalue weighted by Crippen LogP contribution is 2.22. The maximum Gasteiger partial charge on any atom is 0.228 e. The zero-order chi connectivity index (χ0) is 17.6. The van der Waals surface area contributed by atoms with Gasteiger partial charge in [-0.25, -0.2) is 0 Å². The number of aliphatic hydroxyl groups is 1. The average molecular weight is 337 g/mol. The van der Waals surface area contributed by atoms with E-state index < -0.39 is 0 Å². The lowest BCUT2D eigenvalue weighted by atomic mass is 10.1. The first-order chi connectivity index (χ1) is 12.2. The third-order valence-electron chi connectivity index (χ3n) is 3.67. The summed E-state index contributed by atoms with van der Waals surface area (Å²) in [6.45, 7) is 0.413. The van der Waals surface area contributed by atoms with E-state index in [9.17, 15) is 5.11 Å². The summed E-state index contributed by atoms with van der Waals surface area (Å²) in [7, 11) is 1.63. The van der Waals surface area contributed by atoms with Gasteiger partial charge >= 0.3 is 0 Å². The molecule has 0 saturated carbocycles. The van der Waals surface area contributed by atoms with E-state index in [1.54, 1.807) is 7.11 Å². The molecule has 0 aliphatic heterocycles. The third-order valence-corrected chi connectivity index (χ3v) is 3.67. The molecule has 25 heavy (non-hydrogen) atoms. The molecule has 0 saturated heterocycles. The van der Waals surface area contributed by atoms with Crippen LogP contribution in [0.5, 0.6) is 5.75 Å².